The Morgan fingerprint density at radius 2 is 2.00 bits per heavy atom. The first-order chi connectivity index (χ1) is 6.90. The second-order valence-corrected chi connectivity index (χ2v) is 5.96. The first-order valence-electron chi connectivity index (χ1n) is 5.28. The van der Waals surface area contributed by atoms with Crippen LogP contribution in [0.5, 0.6) is 0 Å². The number of benzene rings is 1. The molecule has 0 bridgehead atoms. The molecule has 0 saturated carbocycles. The normalized spacial score (nSPS) is 40.6. The molecule has 68 valence electrons. The molecule has 4 heterocycles. The molecule has 0 amide bonds. The van der Waals surface area contributed by atoms with Gasteiger partial charge in [-0.1, -0.05) is 18.2 Å². The molecule has 2 heteroatoms. The number of hydrogen-bond acceptors (Lipinski definition) is 1. The molecule has 1 nitrogen and oxygen atoms in total. The highest BCUT2D eigenvalue weighted by Gasteiger charge is 2.80. The Hall–Kier alpha value is -0.860. The van der Waals surface area contributed by atoms with Gasteiger partial charge in [0.1, 0.15) is 13.1 Å². The first-order valence-corrected chi connectivity index (χ1v) is 6.09. The number of nitrogens with zero attached hydrogens (tertiary/aromatic N) is 1. The fourth-order valence-corrected chi connectivity index (χ4v) is 4.88. The lowest BCUT2D eigenvalue weighted by molar-refractivity contribution is -0.684. The maximum Gasteiger partial charge on any atom is 0.175 e. The van der Waals surface area contributed by atoms with Crippen LogP contribution in [0.2, 0.25) is 0 Å². The van der Waals surface area contributed by atoms with Crippen LogP contribution in [0.15, 0.2) is 24.3 Å². The Morgan fingerprint density at radius 3 is 3.00 bits per heavy atom. The van der Waals surface area contributed by atoms with Crippen molar-refractivity contribution in [3.05, 3.63) is 34.7 Å². The van der Waals surface area contributed by atoms with E-state index in [1.165, 1.54) is 22.3 Å². The summed E-state index contributed by atoms with van der Waals surface area (Å²) in [6.07, 6.45) is 0. The van der Waals surface area contributed by atoms with Crippen molar-refractivity contribution in [1.82, 2.24) is 0 Å². The Bertz CT molecular complexity index is 585. The van der Waals surface area contributed by atoms with E-state index in [4.69, 9.17) is 0 Å². The van der Waals surface area contributed by atoms with Crippen molar-refractivity contribution >= 4 is 21.4 Å². The predicted molar refractivity (Wildman–Crippen MR) is 57.3 cm³/mol. The Kier molecular flexibility index (Phi) is 0.781. The highest BCUT2D eigenvalue weighted by Crippen LogP contribution is 2.73. The number of rotatable bonds is 0. The molecule has 0 radical (unpaired) electrons. The van der Waals surface area contributed by atoms with Crippen LogP contribution in [0.4, 0.5) is 0 Å². The van der Waals surface area contributed by atoms with Gasteiger partial charge in [0.05, 0.1) is 4.88 Å². The van der Waals surface area contributed by atoms with Crippen LogP contribution in [-0.2, 0) is 0 Å². The Morgan fingerprint density at radius 1 is 1.14 bits per heavy atom. The molecule has 14 heavy (non-hydrogen) atoms. The number of hydrogen-bond donors (Lipinski definition) is 0. The average molecular weight is 200 g/mol. The highest BCUT2D eigenvalue weighted by atomic mass is 32.1. The zero-order valence-electron chi connectivity index (χ0n) is 7.73. The van der Waals surface area contributed by atoms with Crippen LogP contribution in [0.3, 0.4) is 0 Å². The third-order valence-electron chi connectivity index (χ3n) is 4.30. The van der Waals surface area contributed by atoms with E-state index in [9.17, 15) is 0 Å². The lowest BCUT2D eigenvalue weighted by Gasteiger charge is -1.91. The first kappa shape index (κ1) is 6.59. The number of quaternary nitrogens is 1. The monoisotopic (exact) mass is 200 g/mol. The maximum absolute atomic E-state index is 2.31. The molecule has 0 N–H and O–H groups in total. The number of thiophene rings is 1. The van der Waals surface area contributed by atoms with Crippen LogP contribution in [0, 0.1) is 0 Å². The fraction of sp³-hybridized carbons (Fsp3) is 0.333. The summed E-state index contributed by atoms with van der Waals surface area (Å²) in [5, 5.41) is 1.56. The maximum atomic E-state index is 2.31. The van der Waals surface area contributed by atoms with Gasteiger partial charge in [0.15, 0.2) is 12.1 Å². The number of fused-ring (bicyclic) bond motifs is 5. The molecular weight excluding hydrogens is 190 g/mol. The summed E-state index contributed by atoms with van der Waals surface area (Å²) in [7, 11) is 0. The van der Waals surface area contributed by atoms with Crippen LogP contribution in [0.1, 0.15) is 22.5 Å². The summed E-state index contributed by atoms with van der Waals surface area (Å²) < 4.78 is 2.96. The van der Waals surface area contributed by atoms with Crippen molar-refractivity contribution in [1.29, 1.82) is 0 Å². The Balaban J connectivity index is 1.98. The SMILES string of the molecule is c1ccc2c3c(sc2c1)C1C[N+]12CC32. The zero-order valence-corrected chi connectivity index (χ0v) is 8.55. The van der Waals surface area contributed by atoms with Crippen LogP contribution < -0.4 is 0 Å². The molecule has 3 unspecified atom stereocenters. The van der Waals surface area contributed by atoms with Crippen molar-refractivity contribution in [3.63, 3.8) is 0 Å². The minimum Gasteiger partial charge on any atom is -0.291 e. The van der Waals surface area contributed by atoms with E-state index in [-0.39, 0.29) is 0 Å². The second kappa shape index (κ2) is 1.66. The van der Waals surface area contributed by atoms with Gasteiger partial charge >= 0.3 is 0 Å². The van der Waals surface area contributed by atoms with E-state index in [0.29, 0.717) is 0 Å². The molecule has 3 aliphatic heterocycles. The smallest absolute Gasteiger partial charge is 0.175 e. The van der Waals surface area contributed by atoms with Gasteiger partial charge in [-0.2, -0.15) is 0 Å². The van der Waals surface area contributed by atoms with Crippen molar-refractivity contribution < 1.29 is 4.48 Å². The summed E-state index contributed by atoms with van der Waals surface area (Å²) in [5.74, 6) is 0. The van der Waals surface area contributed by atoms with Gasteiger partial charge in [-0.05, 0) is 6.07 Å². The standard InChI is InChI=1S/C12H10NS/c1-2-4-10-7(3-1)11-8-5-13(8)6-9(13)12(11)14-10/h1-4,8-9H,5-6H2/q+1. The van der Waals surface area contributed by atoms with Crippen LogP contribution >= 0.6 is 11.3 Å². The van der Waals surface area contributed by atoms with E-state index < -0.39 is 0 Å². The molecule has 2 saturated heterocycles. The topological polar surface area (TPSA) is 0 Å². The summed E-state index contributed by atoms with van der Waals surface area (Å²) in [6, 6.07) is 10.8. The van der Waals surface area contributed by atoms with E-state index in [1.807, 2.05) is 11.3 Å². The van der Waals surface area contributed by atoms with Gasteiger partial charge in [-0.15, -0.1) is 11.3 Å². The summed E-state index contributed by atoms with van der Waals surface area (Å²) >= 11 is 2.05. The van der Waals surface area contributed by atoms with Crippen molar-refractivity contribution in [2.45, 2.75) is 12.1 Å². The zero-order chi connectivity index (χ0) is 8.91. The van der Waals surface area contributed by atoms with Gasteiger partial charge in [0, 0.05) is 15.6 Å². The van der Waals surface area contributed by atoms with Gasteiger partial charge in [-0.3, -0.25) is 4.48 Å². The summed E-state index contributed by atoms with van der Waals surface area (Å²) in [4.78, 5) is 1.72. The molecule has 1 aromatic carbocycles. The molecule has 3 atom stereocenters. The molecule has 2 aromatic rings. The van der Waals surface area contributed by atoms with E-state index in [0.717, 1.165) is 12.1 Å². The molecular formula is C12H10NS+. The van der Waals surface area contributed by atoms with Gasteiger partial charge in [0.25, 0.3) is 0 Å². The largest absolute Gasteiger partial charge is 0.291 e. The average Bonchev–Trinajstić information content (AvgIpc) is 3.05. The van der Waals surface area contributed by atoms with Crippen molar-refractivity contribution in [2.75, 3.05) is 13.1 Å². The van der Waals surface area contributed by atoms with Crippen LogP contribution in [-0.4, -0.2) is 17.6 Å². The third-order valence-corrected chi connectivity index (χ3v) is 5.59. The van der Waals surface area contributed by atoms with Gasteiger partial charge < -0.3 is 0 Å². The van der Waals surface area contributed by atoms with E-state index in [2.05, 4.69) is 24.3 Å². The fourth-order valence-electron chi connectivity index (χ4n) is 3.44. The molecule has 1 spiro atoms. The summed E-state index contributed by atoms with van der Waals surface area (Å²) in [6.45, 7) is 2.89. The summed E-state index contributed by atoms with van der Waals surface area (Å²) in [5.41, 5.74) is 1.72. The lowest BCUT2D eigenvalue weighted by Crippen LogP contribution is -1.87. The molecule has 0 aliphatic carbocycles. The highest BCUT2D eigenvalue weighted by molar-refractivity contribution is 7.19. The Labute approximate surface area is 86.2 Å². The second-order valence-electron chi connectivity index (χ2n) is 4.88. The van der Waals surface area contributed by atoms with Gasteiger partial charge in [-0.25, -0.2) is 0 Å². The molecule has 5 rings (SSSR count). The van der Waals surface area contributed by atoms with E-state index in [1.54, 1.807) is 15.8 Å². The predicted octanol–water partition coefficient (Wildman–Crippen LogP) is 2.84. The molecule has 2 fully saturated rings. The quantitative estimate of drug-likeness (QED) is 0.453. The third kappa shape index (κ3) is 0.494. The van der Waals surface area contributed by atoms with E-state index >= 15 is 0 Å². The van der Waals surface area contributed by atoms with Crippen LogP contribution in [0.25, 0.3) is 10.1 Å². The molecule has 3 aliphatic rings. The lowest BCUT2D eigenvalue weighted by atomic mass is 10.1. The minimum atomic E-state index is 0.908. The molecule has 1 aromatic heterocycles. The van der Waals surface area contributed by atoms with Crippen molar-refractivity contribution in [2.24, 2.45) is 0 Å². The van der Waals surface area contributed by atoms with Gasteiger partial charge in [0.2, 0.25) is 0 Å². The minimum absolute atomic E-state index is 0.908. The van der Waals surface area contributed by atoms with Crippen molar-refractivity contribution in [3.8, 4) is 0 Å².